The molecule has 3 aromatic rings. The fourth-order valence-corrected chi connectivity index (χ4v) is 4.68. The van der Waals surface area contributed by atoms with Crippen molar-refractivity contribution < 1.29 is 9.53 Å². The number of fused-ring (bicyclic) bond motifs is 1. The molecule has 0 unspecified atom stereocenters. The van der Waals surface area contributed by atoms with Crippen LogP contribution >= 0.6 is 11.3 Å². The molecule has 29 heavy (non-hydrogen) atoms. The van der Waals surface area contributed by atoms with Crippen molar-refractivity contribution in [3.8, 4) is 17.0 Å². The van der Waals surface area contributed by atoms with Gasteiger partial charge in [-0.3, -0.25) is 9.59 Å². The number of rotatable bonds is 5. The first kappa shape index (κ1) is 19.6. The van der Waals surface area contributed by atoms with Crippen molar-refractivity contribution in [2.45, 2.75) is 51.6 Å². The maximum Gasteiger partial charge on any atom is 0.294 e. The molecule has 1 N–H and O–H groups in total. The zero-order chi connectivity index (χ0) is 20.4. The van der Waals surface area contributed by atoms with E-state index in [1.165, 1.54) is 22.4 Å². The van der Waals surface area contributed by atoms with Crippen molar-refractivity contribution >= 4 is 27.5 Å². The molecule has 4 rings (SSSR count). The number of aromatic nitrogens is 3. The number of nitrogens with one attached hydrogen (secondary N) is 1. The van der Waals surface area contributed by atoms with Crippen molar-refractivity contribution in [2.75, 3.05) is 7.11 Å². The SMILES string of the molecule is COc1ccc(-c2nn(CC(=O)NC3CCCCC3)c(=O)c3nc(C)sc23)cc1. The maximum atomic E-state index is 12.9. The summed E-state index contributed by atoms with van der Waals surface area (Å²) in [7, 11) is 1.61. The second kappa shape index (κ2) is 8.32. The second-order valence-corrected chi connectivity index (χ2v) is 8.56. The fourth-order valence-electron chi connectivity index (χ4n) is 3.77. The Morgan fingerprint density at radius 3 is 2.66 bits per heavy atom. The van der Waals surface area contributed by atoms with Gasteiger partial charge >= 0.3 is 0 Å². The van der Waals surface area contributed by atoms with Crippen LogP contribution in [0.15, 0.2) is 29.1 Å². The molecule has 2 heterocycles. The molecular weight excluding hydrogens is 388 g/mol. The average molecular weight is 413 g/mol. The van der Waals surface area contributed by atoms with Gasteiger partial charge in [-0.1, -0.05) is 19.3 Å². The predicted molar refractivity (Wildman–Crippen MR) is 113 cm³/mol. The number of hydrogen-bond acceptors (Lipinski definition) is 6. The van der Waals surface area contributed by atoms with E-state index in [9.17, 15) is 9.59 Å². The van der Waals surface area contributed by atoms with Gasteiger partial charge < -0.3 is 10.1 Å². The molecular formula is C21H24N4O3S. The van der Waals surface area contributed by atoms with E-state index in [-0.39, 0.29) is 24.1 Å². The van der Waals surface area contributed by atoms with E-state index in [2.05, 4.69) is 15.4 Å². The van der Waals surface area contributed by atoms with E-state index in [1.54, 1.807) is 7.11 Å². The minimum absolute atomic E-state index is 0.106. The summed E-state index contributed by atoms with van der Waals surface area (Å²) in [4.78, 5) is 29.9. The number of amides is 1. The molecule has 0 saturated heterocycles. The Hall–Kier alpha value is -2.74. The van der Waals surface area contributed by atoms with Gasteiger partial charge in [-0.25, -0.2) is 9.67 Å². The molecule has 1 saturated carbocycles. The highest BCUT2D eigenvalue weighted by Gasteiger charge is 2.20. The highest BCUT2D eigenvalue weighted by molar-refractivity contribution is 7.19. The van der Waals surface area contributed by atoms with Crippen LogP contribution in [-0.2, 0) is 11.3 Å². The zero-order valence-corrected chi connectivity index (χ0v) is 17.4. The molecule has 1 fully saturated rings. The standard InChI is InChI=1S/C21H24N4O3S/c1-13-22-19-20(29-13)18(14-8-10-16(28-2)11-9-14)24-25(21(19)27)12-17(26)23-15-6-4-3-5-7-15/h8-11,15H,3-7,12H2,1-2H3,(H,23,26). The Morgan fingerprint density at radius 1 is 1.24 bits per heavy atom. The van der Waals surface area contributed by atoms with E-state index >= 15 is 0 Å². The number of nitrogens with zero attached hydrogens (tertiary/aromatic N) is 3. The van der Waals surface area contributed by atoms with Gasteiger partial charge in [-0.05, 0) is 44.0 Å². The third-order valence-corrected chi connectivity index (χ3v) is 6.21. The van der Waals surface area contributed by atoms with Crippen LogP contribution in [0.3, 0.4) is 0 Å². The van der Waals surface area contributed by atoms with Gasteiger partial charge in [0.25, 0.3) is 5.56 Å². The number of carbonyl (C=O) groups excluding carboxylic acids is 1. The lowest BCUT2D eigenvalue weighted by atomic mass is 9.95. The van der Waals surface area contributed by atoms with Gasteiger partial charge in [-0.2, -0.15) is 5.10 Å². The van der Waals surface area contributed by atoms with Crippen LogP contribution in [0.25, 0.3) is 21.5 Å². The minimum Gasteiger partial charge on any atom is -0.497 e. The first-order chi connectivity index (χ1) is 14.0. The van der Waals surface area contributed by atoms with Crippen molar-refractivity contribution in [2.24, 2.45) is 0 Å². The quantitative estimate of drug-likeness (QED) is 0.695. The molecule has 7 nitrogen and oxygen atoms in total. The number of methoxy groups -OCH3 is 1. The molecule has 152 valence electrons. The van der Waals surface area contributed by atoms with Crippen LogP contribution in [0.2, 0.25) is 0 Å². The summed E-state index contributed by atoms with van der Waals surface area (Å²) in [6.45, 7) is 1.76. The van der Waals surface area contributed by atoms with Crippen molar-refractivity contribution in [3.63, 3.8) is 0 Å². The number of ether oxygens (including phenoxy) is 1. The summed E-state index contributed by atoms with van der Waals surface area (Å²) in [6.07, 6.45) is 5.48. The van der Waals surface area contributed by atoms with Crippen LogP contribution < -0.4 is 15.6 Å². The number of thiazole rings is 1. The van der Waals surface area contributed by atoms with Crippen LogP contribution in [-0.4, -0.2) is 33.8 Å². The third-order valence-electron chi connectivity index (χ3n) is 5.23. The van der Waals surface area contributed by atoms with E-state index < -0.39 is 0 Å². The van der Waals surface area contributed by atoms with Crippen molar-refractivity contribution in [3.05, 3.63) is 39.6 Å². The average Bonchev–Trinajstić information content (AvgIpc) is 3.13. The first-order valence-corrected chi connectivity index (χ1v) is 10.7. The van der Waals surface area contributed by atoms with Gasteiger partial charge in [0, 0.05) is 11.6 Å². The highest BCUT2D eigenvalue weighted by Crippen LogP contribution is 2.30. The van der Waals surface area contributed by atoms with Gasteiger partial charge in [0.1, 0.15) is 18.0 Å². The maximum absolute atomic E-state index is 12.9. The summed E-state index contributed by atoms with van der Waals surface area (Å²) in [5.41, 5.74) is 1.53. The molecule has 1 aliphatic rings. The monoisotopic (exact) mass is 412 g/mol. The van der Waals surface area contributed by atoms with E-state index in [1.807, 2.05) is 31.2 Å². The van der Waals surface area contributed by atoms with Gasteiger partial charge in [-0.15, -0.1) is 11.3 Å². The molecule has 0 bridgehead atoms. The molecule has 8 heteroatoms. The summed E-state index contributed by atoms with van der Waals surface area (Å²) in [6, 6.07) is 7.68. The Kier molecular flexibility index (Phi) is 5.62. The van der Waals surface area contributed by atoms with Crippen LogP contribution in [0.1, 0.15) is 37.1 Å². The van der Waals surface area contributed by atoms with Gasteiger partial charge in [0.2, 0.25) is 5.91 Å². The number of carbonyl (C=O) groups is 1. The third kappa shape index (κ3) is 4.17. The zero-order valence-electron chi connectivity index (χ0n) is 16.6. The fraction of sp³-hybridized carbons (Fsp3) is 0.429. The topological polar surface area (TPSA) is 86.1 Å². The minimum atomic E-state index is -0.333. The number of hydrogen-bond donors (Lipinski definition) is 1. The van der Waals surface area contributed by atoms with Crippen LogP contribution in [0.5, 0.6) is 5.75 Å². The Morgan fingerprint density at radius 2 is 1.97 bits per heavy atom. The summed E-state index contributed by atoms with van der Waals surface area (Å²) in [5, 5.41) is 8.38. The van der Waals surface area contributed by atoms with Crippen LogP contribution in [0.4, 0.5) is 0 Å². The molecule has 1 aliphatic carbocycles. The molecule has 1 aromatic carbocycles. The van der Waals surface area contributed by atoms with E-state index in [0.29, 0.717) is 11.2 Å². The molecule has 0 aliphatic heterocycles. The second-order valence-electron chi connectivity index (χ2n) is 7.35. The van der Waals surface area contributed by atoms with Gasteiger partial charge in [0.15, 0.2) is 5.52 Å². The lowest BCUT2D eigenvalue weighted by Crippen LogP contribution is -2.40. The number of benzene rings is 1. The van der Waals surface area contributed by atoms with Crippen molar-refractivity contribution in [1.82, 2.24) is 20.1 Å². The largest absolute Gasteiger partial charge is 0.497 e. The molecule has 0 spiro atoms. The summed E-state index contributed by atoms with van der Waals surface area (Å²) >= 11 is 1.44. The molecule has 2 aromatic heterocycles. The van der Waals surface area contributed by atoms with Crippen molar-refractivity contribution in [1.29, 1.82) is 0 Å². The Balaban J connectivity index is 1.69. The summed E-state index contributed by atoms with van der Waals surface area (Å²) in [5.74, 6) is 0.559. The number of aryl methyl sites for hydroxylation is 1. The Labute approximate surface area is 172 Å². The van der Waals surface area contributed by atoms with Crippen LogP contribution in [0, 0.1) is 6.92 Å². The van der Waals surface area contributed by atoms with E-state index in [4.69, 9.17) is 4.74 Å². The molecule has 0 atom stereocenters. The first-order valence-electron chi connectivity index (χ1n) is 9.87. The predicted octanol–water partition coefficient (Wildman–Crippen LogP) is 3.29. The highest BCUT2D eigenvalue weighted by atomic mass is 32.1. The normalized spacial score (nSPS) is 14.8. The van der Waals surface area contributed by atoms with Gasteiger partial charge in [0.05, 0.1) is 16.8 Å². The van der Waals surface area contributed by atoms with E-state index in [0.717, 1.165) is 46.7 Å². The molecule has 0 radical (unpaired) electrons. The smallest absolute Gasteiger partial charge is 0.294 e. The Bertz CT molecular complexity index is 1080. The lowest BCUT2D eigenvalue weighted by molar-refractivity contribution is -0.122. The molecule has 1 amide bonds. The summed E-state index contributed by atoms with van der Waals surface area (Å²) < 4.78 is 7.20. The lowest BCUT2D eigenvalue weighted by Gasteiger charge is -2.22.